The van der Waals surface area contributed by atoms with Crippen molar-refractivity contribution in [3.05, 3.63) is 20.8 Å². The highest BCUT2D eigenvalue weighted by molar-refractivity contribution is 5.94. The molecule has 8 nitrogen and oxygen atoms in total. The van der Waals surface area contributed by atoms with Crippen LogP contribution in [0.3, 0.4) is 0 Å². The van der Waals surface area contributed by atoms with Crippen LogP contribution in [0.25, 0.3) is 0 Å². The molecule has 1 aromatic rings. The topological polar surface area (TPSA) is 108 Å². The van der Waals surface area contributed by atoms with E-state index in [4.69, 9.17) is 0 Å². The largest absolute Gasteiger partial charge is 0.378 e. The van der Waals surface area contributed by atoms with Crippen LogP contribution in [0.5, 0.6) is 0 Å². The van der Waals surface area contributed by atoms with Gasteiger partial charge in [0.15, 0.2) is 0 Å². The second-order valence-electron chi connectivity index (χ2n) is 7.61. The molecule has 0 bridgehead atoms. The van der Waals surface area contributed by atoms with Crippen molar-refractivity contribution in [3.63, 3.8) is 0 Å². The fourth-order valence-electron chi connectivity index (χ4n) is 3.18. The molecule has 160 valence electrons. The molecule has 0 aromatic carbocycles. The molecule has 2 heterocycles. The third kappa shape index (κ3) is 6.67. The lowest BCUT2D eigenvalue weighted by atomic mass is 9.97. The minimum absolute atomic E-state index is 0. The smallest absolute Gasteiger partial charge is 0.330 e. The number of aromatic nitrogens is 2. The summed E-state index contributed by atoms with van der Waals surface area (Å²) in [5.74, 6) is 0.544. The maximum Gasteiger partial charge on any atom is 0.330 e. The molecule has 1 aliphatic rings. The van der Waals surface area contributed by atoms with Crippen LogP contribution in [0.15, 0.2) is 9.59 Å². The molecule has 1 saturated heterocycles. The van der Waals surface area contributed by atoms with Crippen molar-refractivity contribution in [1.29, 1.82) is 0 Å². The number of nitrogens with one attached hydrogen (secondary N) is 4. The van der Waals surface area contributed by atoms with Crippen LogP contribution in [0, 0.1) is 11.8 Å². The average Bonchev–Trinajstić information content (AvgIpc) is 2.64. The van der Waals surface area contributed by atoms with Crippen molar-refractivity contribution in [3.8, 4) is 0 Å². The number of H-pyrrole nitrogens is 1. The summed E-state index contributed by atoms with van der Waals surface area (Å²) in [5, 5.41) is 9.26. The summed E-state index contributed by atoms with van der Waals surface area (Å²) >= 11 is 0. The molecule has 0 spiro atoms. The number of aromatic amines is 1. The number of carbonyl (C=O) groups is 1. The Hall–Kier alpha value is -1.80. The molecule has 4 N–H and O–H groups in total. The number of rotatable bonds is 9. The van der Waals surface area contributed by atoms with Gasteiger partial charge < -0.3 is 16.0 Å². The summed E-state index contributed by atoms with van der Waals surface area (Å²) in [6.45, 7) is 8.90. The van der Waals surface area contributed by atoms with Gasteiger partial charge in [-0.2, -0.15) is 0 Å². The maximum atomic E-state index is 12.8. The second-order valence-corrected chi connectivity index (χ2v) is 7.61. The lowest BCUT2D eigenvalue weighted by molar-refractivity contribution is -0.120. The number of unbranched alkanes of at least 4 members (excludes halogenated alkanes) is 1. The van der Waals surface area contributed by atoms with Crippen LogP contribution in [0.2, 0.25) is 0 Å². The molecule has 0 atom stereocenters. The third-order valence-electron chi connectivity index (χ3n) is 4.91. The monoisotopic (exact) mass is 415 g/mol. The van der Waals surface area contributed by atoms with Gasteiger partial charge in [-0.1, -0.05) is 27.2 Å². The van der Waals surface area contributed by atoms with E-state index in [9.17, 15) is 14.4 Å². The summed E-state index contributed by atoms with van der Waals surface area (Å²) in [6.07, 6.45) is 4.08. The summed E-state index contributed by atoms with van der Waals surface area (Å²) in [6, 6.07) is 0. The number of piperidine rings is 1. The zero-order chi connectivity index (χ0) is 19.8. The first kappa shape index (κ1) is 24.2. The Morgan fingerprint density at radius 3 is 2.54 bits per heavy atom. The van der Waals surface area contributed by atoms with E-state index in [1.54, 1.807) is 0 Å². The van der Waals surface area contributed by atoms with E-state index in [2.05, 4.69) is 34.8 Å². The molecular weight excluding hydrogens is 382 g/mol. The van der Waals surface area contributed by atoms with Gasteiger partial charge in [0.05, 0.1) is 0 Å². The minimum Gasteiger partial charge on any atom is -0.378 e. The van der Waals surface area contributed by atoms with Crippen molar-refractivity contribution in [2.75, 3.05) is 30.3 Å². The Balaban J connectivity index is 0.00000392. The number of nitrogens with zero attached hydrogens (tertiary/aromatic N) is 1. The van der Waals surface area contributed by atoms with Gasteiger partial charge in [0, 0.05) is 19.0 Å². The van der Waals surface area contributed by atoms with E-state index in [-0.39, 0.29) is 29.9 Å². The standard InChI is InChI=1S/C19H33N5O3.ClH/c1-4-5-12-24-16(22-17(25)14-7-9-20-10-8-14)15(18(26)23-19(24)27)21-11-6-13(2)3;/h13-14,20-21H,4-12H2,1-3H3,(H,22,25)(H,23,26,27);1H. The second kappa shape index (κ2) is 11.9. The van der Waals surface area contributed by atoms with Gasteiger partial charge in [-0.3, -0.25) is 19.1 Å². The molecule has 0 aliphatic carbocycles. The maximum absolute atomic E-state index is 12.8. The number of anilines is 2. The molecule has 28 heavy (non-hydrogen) atoms. The predicted octanol–water partition coefficient (Wildman–Crippen LogP) is 2.15. The Bertz CT molecular complexity index is 738. The molecule has 0 saturated carbocycles. The molecule has 0 radical (unpaired) electrons. The van der Waals surface area contributed by atoms with E-state index in [1.807, 2.05) is 6.92 Å². The van der Waals surface area contributed by atoms with Gasteiger partial charge >= 0.3 is 5.69 Å². The van der Waals surface area contributed by atoms with Crippen molar-refractivity contribution < 1.29 is 4.79 Å². The highest BCUT2D eigenvalue weighted by atomic mass is 35.5. The SMILES string of the molecule is CCCCn1c(NC(=O)C2CCNCC2)c(NCCC(C)C)c(=O)[nH]c1=O.Cl. The van der Waals surface area contributed by atoms with Crippen LogP contribution in [-0.4, -0.2) is 35.1 Å². The number of hydrogen-bond donors (Lipinski definition) is 4. The molecule has 0 unspecified atom stereocenters. The fraction of sp³-hybridized carbons (Fsp3) is 0.737. The van der Waals surface area contributed by atoms with Crippen LogP contribution in [0.4, 0.5) is 11.5 Å². The van der Waals surface area contributed by atoms with E-state index in [0.717, 1.165) is 45.2 Å². The van der Waals surface area contributed by atoms with Crippen molar-refractivity contribution in [2.45, 2.75) is 59.4 Å². The van der Waals surface area contributed by atoms with Crippen LogP contribution in [-0.2, 0) is 11.3 Å². The summed E-state index contributed by atoms with van der Waals surface area (Å²) in [4.78, 5) is 39.9. The predicted molar refractivity (Wildman–Crippen MR) is 116 cm³/mol. The Labute approximate surface area is 172 Å². The molecule has 2 rings (SSSR count). The molecule has 9 heteroatoms. The van der Waals surface area contributed by atoms with E-state index in [0.29, 0.717) is 24.8 Å². The quantitative estimate of drug-likeness (QED) is 0.494. The van der Waals surface area contributed by atoms with Crippen molar-refractivity contribution in [1.82, 2.24) is 14.9 Å². The van der Waals surface area contributed by atoms with Gasteiger partial charge in [0.1, 0.15) is 11.5 Å². The van der Waals surface area contributed by atoms with Gasteiger partial charge in [-0.25, -0.2) is 4.79 Å². The number of hydrogen-bond acceptors (Lipinski definition) is 5. The molecular formula is C19H34ClN5O3. The first-order chi connectivity index (χ1) is 12.9. The zero-order valence-corrected chi connectivity index (χ0v) is 17.9. The normalized spacial score (nSPS) is 14.6. The molecule has 1 aromatic heterocycles. The van der Waals surface area contributed by atoms with E-state index < -0.39 is 11.2 Å². The third-order valence-corrected chi connectivity index (χ3v) is 4.91. The van der Waals surface area contributed by atoms with Crippen LogP contribution < -0.4 is 27.2 Å². The molecule has 1 amide bonds. The Morgan fingerprint density at radius 2 is 1.93 bits per heavy atom. The molecule has 1 aliphatic heterocycles. The minimum atomic E-state index is -0.489. The lowest BCUT2D eigenvalue weighted by Gasteiger charge is -2.24. The van der Waals surface area contributed by atoms with Gasteiger partial charge in [0.25, 0.3) is 5.56 Å². The van der Waals surface area contributed by atoms with E-state index in [1.165, 1.54) is 4.57 Å². The number of amides is 1. The number of carbonyl (C=O) groups excluding carboxylic acids is 1. The van der Waals surface area contributed by atoms with Gasteiger partial charge in [-0.15, -0.1) is 12.4 Å². The fourth-order valence-corrected chi connectivity index (χ4v) is 3.18. The highest BCUT2D eigenvalue weighted by Gasteiger charge is 2.24. The van der Waals surface area contributed by atoms with Crippen LogP contribution >= 0.6 is 12.4 Å². The summed E-state index contributed by atoms with van der Waals surface area (Å²) in [7, 11) is 0. The number of halogens is 1. The van der Waals surface area contributed by atoms with Gasteiger partial charge in [-0.05, 0) is 44.7 Å². The van der Waals surface area contributed by atoms with Gasteiger partial charge in [0.2, 0.25) is 5.91 Å². The Morgan fingerprint density at radius 1 is 1.25 bits per heavy atom. The Kier molecular flexibility index (Phi) is 10.3. The molecule has 1 fully saturated rings. The first-order valence-electron chi connectivity index (χ1n) is 10.1. The zero-order valence-electron chi connectivity index (χ0n) is 17.1. The summed E-state index contributed by atoms with van der Waals surface area (Å²) < 4.78 is 1.47. The first-order valence-corrected chi connectivity index (χ1v) is 10.1. The van der Waals surface area contributed by atoms with E-state index >= 15 is 0 Å². The lowest BCUT2D eigenvalue weighted by Crippen LogP contribution is -2.39. The summed E-state index contributed by atoms with van der Waals surface area (Å²) in [5.41, 5.74) is -0.700. The van der Waals surface area contributed by atoms with Crippen LogP contribution in [0.1, 0.15) is 52.9 Å². The van der Waals surface area contributed by atoms with Crippen molar-refractivity contribution >= 4 is 29.8 Å². The average molecular weight is 416 g/mol. The van der Waals surface area contributed by atoms with Crippen molar-refractivity contribution in [2.24, 2.45) is 11.8 Å². The highest BCUT2D eigenvalue weighted by Crippen LogP contribution is 2.20.